The van der Waals surface area contributed by atoms with Crippen LogP contribution in [0.5, 0.6) is 0 Å². The summed E-state index contributed by atoms with van der Waals surface area (Å²) in [5.41, 5.74) is 2.11. The van der Waals surface area contributed by atoms with Crippen LogP contribution in [0, 0.1) is 11.8 Å². The number of esters is 1. The molecule has 1 aliphatic heterocycles. The van der Waals surface area contributed by atoms with Crippen molar-refractivity contribution in [3.05, 3.63) is 34.9 Å². The quantitative estimate of drug-likeness (QED) is 0.688. The molecule has 0 unspecified atom stereocenters. The molecule has 2 atom stereocenters. The number of fused-ring (bicyclic) bond motifs is 1. The second-order valence-corrected chi connectivity index (χ2v) is 7.16. The van der Waals surface area contributed by atoms with Gasteiger partial charge in [-0.2, -0.15) is 0 Å². The first-order chi connectivity index (χ1) is 11.3. The highest BCUT2D eigenvalue weighted by Gasteiger charge is 2.35. The molecule has 0 amide bonds. The van der Waals surface area contributed by atoms with Gasteiger partial charge in [-0.25, -0.2) is 4.79 Å². The molecule has 2 bridgehead atoms. The van der Waals surface area contributed by atoms with Crippen LogP contribution >= 0.6 is 0 Å². The average molecular weight is 330 g/mol. The molecule has 2 aliphatic rings. The zero-order valence-corrected chi connectivity index (χ0v) is 14.9. The predicted octanol–water partition coefficient (Wildman–Crippen LogP) is 3.72. The third-order valence-electron chi connectivity index (χ3n) is 4.77. The minimum atomic E-state index is -0.431. The molecule has 130 valence electrons. The standard InChI is InChI=1S/C20H26O4/c1-12(2)17-11-18(22)14(4)7-5-6-13(3)8-16(21)9-15-10-19(17)24-20(15)23/h7-8,10,12,17,19H,5-6,9,11H2,1-4H3/b13-8-,14-7+/t17-,19-/m1/s1. The predicted molar refractivity (Wildman–Crippen MR) is 92.3 cm³/mol. The van der Waals surface area contributed by atoms with Gasteiger partial charge in [0.1, 0.15) is 6.10 Å². The minimum absolute atomic E-state index is 0.0697. The number of ether oxygens (including phenoxy) is 1. The highest BCUT2D eigenvalue weighted by Crippen LogP contribution is 2.31. The molecule has 1 aliphatic carbocycles. The number of hydrogen-bond acceptors (Lipinski definition) is 4. The fourth-order valence-electron chi connectivity index (χ4n) is 3.16. The van der Waals surface area contributed by atoms with Gasteiger partial charge in [-0.15, -0.1) is 0 Å². The van der Waals surface area contributed by atoms with Gasteiger partial charge in [-0.05, 0) is 50.3 Å². The van der Waals surface area contributed by atoms with E-state index in [0.717, 1.165) is 24.0 Å². The van der Waals surface area contributed by atoms with Crippen LogP contribution in [0.1, 0.15) is 53.4 Å². The summed E-state index contributed by atoms with van der Waals surface area (Å²) < 4.78 is 5.46. The Kier molecular flexibility index (Phi) is 5.92. The summed E-state index contributed by atoms with van der Waals surface area (Å²) in [6.45, 7) is 7.78. The largest absolute Gasteiger partial charge is 0.454 e. The van der Waals surface area contributed by atoms with Crippen molar-refractivity contribution in [3.63, 3.8) is 0 Å². The number of carbonyl (C=O) groups is 3. The van der Waals surface area contributed by atoms with E-state index in [-0.39, 0.29) is 29.8 Å². The number of Topliss-reactive ketones (excluding diaryl/α,β-unsaturated/α-hetero) is 1. The van der Waals surface area contributed by atoms with E-state index in [4.69, 9.17) is 4.74 Å². The van der Waals surface area contributed by atoms with Crippen molar-refractivity contribution < 1.29 is 19.1 Å². The average Bonchev–Trinajstić information content (AvgIpc) is 2.83. The van der Waals surface area contributed by atoms with Crippen molar-refractivity contribution in [2.45, 2.75) is 59.5 Å². The van der Waals surface area contributed by atoms with E-state index in [1.807, 2.05) is 33.8 Å². The van der Waals surface area contributed by atoms with Crippen molar-refractivity contribution in [1.82, 2.24) is 0 Å². The summed E-state index contributed by atoms with van der Waals surface area (Å²) >= 11 is 0. The van der Waals surface area contributed by atoms with E-state index in [1.54, 1.807) is 12.2 Å². The van der Waals surface area contributed by atoms with Crippen LogP contribution in [-0.2, 0) is 19.1 Å². The van der Waals surface area contributed by atoms with Gasteiger partial charge in [0, 0.05) is 24.3 Å². The fraction of sp³-hybridized carbons (Fsp3) is 0.550. The molecule has 24 heavy (non-hydrogen) atoms. The number of ketones is 2. The van der Waals surface area contributed by atoms with Crippen LogP contribution in [0.3, 0.4) is 0 Å². The molecule has 0 aromatic rings. The first-order valence-corrected chi connectivity index (χ1v) is 8.59. The molecule has 0 saturated carbocycles. The molecule has 4 heteroatoms. The molecule has 0 aromatic carbocycles. The highest BCUT2D eigenvalue weighted by atomic mass is 16.5. The van der Waals surface area contributed by atoms with Crippen LogP contribution in [0.25, 0.3) is 0 Å². The topological polar surface area (TPSA) is 60.4 Å². The van der Waals surface area contributed by atoms with Crippen molar-refractivity contribution in [1.29, 1.82) is 0 Å². The van der Waals surface area contributed by atoms with E-state index in [2.05, 4.69) is 0 Å². The van der Waals surface area contributed by atoms with Crippen LogP contribution in [-0.4, -0.2) is 23.6 Å². The van der Waals surface area contributed by atoms with Gasteiger partial charge >= 0.3 is 5.97 Å². The van der Waals surface area contributed by atoms with E-state index >= 15 is 0 Å². The summed E-state index contributed by atoms with van der Waals surface area (Å²) in [7, 11) is 0. The molecule has 0 N–H and O–H groups in total. The molecule has 1 heterocycles. The molecule has 0 saturated heterocycles. The minimum Gasteiger partial charge on any atom is -0.454 e. The zero-order valence-electron chi connectivity index (χ0n) is 14.9. The lowest BCUT2D eigenvalue weighted by Crippen LogP contribution is -2.28. The van der Waals surface area contributed by atoms with Crippen LogP contribution in [0.2, 0.25) is 0 Å². The van der Waals surface area contributed by atoms with Gasteiger partial charge in [-0.1, -0.05) is 25.5 Å². The molecule has 0 radical (unpaired) electrons. The van der Waals surface area contributed by atoms with Gasteiger partial charge in [0.05, 0.1) is 0 Å². The number of rotatable bonds is 1. The Morgan fingerprint density at radius 1 is 1.17 bits per heavy atom. The summed E-state index contributed by atoms with van der Waals surface area (Å²) in [5.74, 6) is -0.286. The summed E-state index contributed by atoms with van der Waals surface area (Å²) in [6, 6.07) is 0. The third-order valence-corrected chi connectivity index (χ3v) is 4.77. The monoisotopic (exact) mass is 330 g/mol. The number of hydrogen-bond donors (Lipinski definition) is 0. The van der Waals surface area contributed by atoms with Crippen molar-refractivity contribution >= 4 is 17.5 Å². The molecule has 0 fully saturated rings. The fourth-order valence-corrected chi connectivity index (χ4v) is 3.16. The summed E-state index contributed by atoms with van der Waals surface area (Å²) in [5, 5.41) is 0. The molecule has 2 rings (SSSR count). The molecule has 0 aromatic heterocycles. The van der Waals surface area contributed by atoms with Gasteiger partial charge < -0.3 is 4.74 Å². The number of carbonyl (C=O) groups excluding carboxylic acids is 3. The Balaban J connectivity index is 2.35. The van der Waals surface area contributed by atoms with Crippen molar-refractivity contribution in [3.8, 4) is 0 Å². The second kappa shape index (κ2) is 7.73. The first kappa shape index (κ1) is 18.4. The molecule has 4 nitrogen and oxygen atoms in total. The van der Waals surface area contributed by atoms with Gasteiger partial charge in [0.15, 0.2) is 11.6 Å². The maximum absolute atomic E-state index is 12.5. The Morgan fingerprint density at radius 2 is 1.88 bits per heavy atom. The second-order valence-electron chi connectivity index (χ2n) is 7.16. The highest BCUT2D eigenvalue weighted by molar-refractivity contribution is 6.01. The van der Waals surface area contributed by atoms with E-state index < -0.39 is 12.1 Å². The lowest BCUT2D eigenvalue weighted by Gasteiger charge is -2.24. The number of allylic oxidation sites excluding steroid dienone is 4. The Bertz CT molecular complexity index is 634. The zero-order chi connectivity index (χ0) is 17.9. The Morgan fingerprint density at radius 3 is 2.54 bits per heavy atom. The normalized spacial score (nSPS) is 30.9. The molecular formula is C20H26O4. The van der Waals surface area contributed by atoms with E-state index in [9.17, 15) is 14.4 Å². The first-order valence-electron chi connectivity index (χ1n) is 8.59. The van der Waals surface area contributed by atoms with Gasteiger partial charge in [-0.3, -0.25) is 9.59 Å². The maximum Gasteiger partial charge on any atom is 0.334 e. The SMILES string of the molecule is C/C1=C/C(=O)CC2=C[C@@H](OC2=O)[C@@H](C(C)C)CC(=O)/C(C)=C/CC1. The lowest BCUT2D eigenvalue weighted by molar-refractivity contribution is -0.143. The smallest absolute Gasteiger partial charge is 0.334 e. The van der Waals surface area contributed by atoms with E-state index in [1.165, 1.54) is 0 Å². The van der Waals surface area contributed by atoms with Gasteiger partial charge in [0.2, 0.25) is 0 Å². The third kappa shape index (κ3) is 4.53. The van der Waals surface area contributed by atoms with E-state index in [0.29, 0.717) is 12.0 Å². The van der Waals surface area contributed by atoms with Crippen LogP contribution < -0.4 is 0 Å². The Hall–Kier alpha value is -1.97. The molecule has 0 spiro atoms. The van der Waals surface area contributed by atoms with Gasteiger partial charge in [0.25, 0.3) is 0 Å². The summed E-state index contributed by atoms with van der Waals surface area (Å²) in [6.07, 6.45) is 6.74. The summed E-state index contributed by atoms with van der Waals surface area (Å²) in [4.78, 5) is 36.7. The maximum atomic E-state index is 12.5. The van der Waals surface area contributed by atoms with Crippen molar-refractivity contribution in [2.24, 2.45) is 11.8 Å². The van der Waals surface area contributed by atoms with Crippen molar-refractivity contribution in [2.75, 3.05) is 0 Å². The molecular weight excluding hydrogens is 304 g/mol. The van der Waals surface area contributed by atoms with Crippen LogP contribution in [0.4, 0.5) is 0 Å². The Labute approximate surface area is 143 Å². The van der Waals surface area contributed by atoms with Crippen LogP contribution in [0.15, 0.2) is 34.9 Å². The lowest BCUT2D eigenvalue weighted by atomic mass is 9.84.